The van der Waals surface area contributed by atoms with Crippen molar-refractivity contribution in [2.24, 2.45) is 0 Å². The minimum absolute atomic E-state index is 0.0458. The Kier molecular flexibility index (Phi) is 7.17. The van der Waals surface area contributed by atoms with E-state index in [1.165, 1.54) is 18.0 Å². The molecule has 0 fully saturated rings. The van der Waals surface area contributed by atoms with Crippen LogP contribution in [0.3, 0.4) is 0 Å². The van der Waals surface area contributed by atoms with Gasteiger partial charge in [-0.3, -0.25) is 9.78 Å². The predicted octanol–water partition coefficient (Wildman–Crippen LogP) is 3.21. The molecule has 162 valence electrons. The van der Waals surface area contributed by atoms with Gasteiger partial charge in [-0.1, -0.05) is 48.6 Å². The Labute approximate surface area is 183 Å². The number of aromatic nitrogens is 3. The fraction of sp³-hybridized carbons (Fsp3) is 0.421. The Morgan fingerprint density at radius 1 is 1.33 bits per heavy atom. The Hall–Kier alpha value is -1.95. The molecule has 0 bridgehead atoms. The fourth-order valence-electron chi connectivity index (χ4n) is 2.95. The molecule has 0 amide bonds. The van der Waals surface area contributed by atoms with Crippen LogP contribution in [-0.2, 0) is 9.84 Å². The van der Waals surface area contributed by atoms with Crippen molar-refractivity contribution in [3.8, 4) is 0 Å². The normalized spacial score (nSPS) is 14.0. The molecule has 11 heteroatoms. The van der Waals surface area contributed by atoms with Crippen LogP contribution >= 0.6 is 23.1 Å². The van der Waals surface area contributed by atoms with Crippen molar-refractivity contribution in [3.63, 3.8) is 0 Å². The maximum atomic E-state index is 11.9. The molecular formula is C19H24N4O4S3. The van der Waals surface area contributed by atoms with Crippen LogP contribution in [0.4, 0.5) is 5.82 Å². The average molecular weight is 469 g/mol. The van der Waals surface area contributed by atoms with E-state index in [-0.39, 0.29) is 27.7 Å². The first-order valence-electron chi connectivity index (χ1n) is 9.46. The third kappa shape index (κ3) is 5.39. The summed E-state index contributed by atoms with van der Waals surface area (Å²) < 4.78 is 24.3. The molecule has 3 N–H and O–H groups in total. The molecule has 0 unspecified atom stereocenters. The lowest BCUT2D eigenvalue weighted by Gasteiger charge is -2.17. The highest BCUT2D eigenvalue weighted by Crippen LogP contribution is 2.35. The van der Waals surface area contributed by atoms with Gasteiger partial charge < -0.3 is 10.4 Å². The smallest absolute Gasteiger partial charge is 0.306 e. The van der Waals surface area contributed by atoms with E-state index in [2.05, 4.69) is 20.3 Å². The van der Waals surface area contributed by atoms with Crippen LogP contribution in [0.25, 0.3) is 10.3 Å². The Bertz CT molecular complexity index is 1190. The summed E-state index contributed by atoms with van der Waals surface area (Å²) in [5, 5.41) is 13.2. The van der Waals surface area contributed by atoms with Crippen molar-refractivity contribution < 1.29 is 13.5 Å². The number of aliphatic hydroxyl groups is 1. The number of nitrogens with zero attached hydrogens (tertiary/aromatic N) is 2. The molecule has 0 saturated heterocycles. The Morgan fingerprint density at radius 3 is 2.77 bits per heavy atom. The van der Waals surface area contributed by atoms with Gasteiger partial charge in [-0.05, 0) is 31.0 Å². The van der Waals surface area contributed by atoms with Crippen LogP contribution in [0.5, 0.6) is 0 Å². The van der Waals surface area contributed by atoms with E-state index in [9.17, 15) is 18.3 Å². The zero-order valence-electron chi connectivity index (χ0n) is 16.9. The minimum atomic E-state index is -3.30. The number of H-pyrrole nitrogens is 1. The average Bonchev–Trinajstić information content (AvgIpc) is 3.07. The van der Waals surface area contributed by atoms with Crippen molar-refractivity contribution in [1.82, 2.24) is 15.0 Å². The number of hydrogen-bond acceptors (Lipinski definition) is 9. The first kappa shape index (κ1) is 22.7. The second-order valence-electron chi connectivity index (χ2n) is 6.96. The first-order chi connectivity index (χ1) is 14.2. The molecule has 0 radical (unpaired) electrons. The van der Waals surface area contributed by atoms with Gasteiger partial charge in [0.15, 0.2) is 26.5 Å². The summed E-state index contributed by atoms with van der Waals surface area (Å²) in [5.41, 5.74) is 1.27. The maximum absolute atomic E-state index is 11.9. The van der Waals surface area contributed by atoms with E-state index >= 15 is 0 Å². The van der Waals surface area contributed by atoms with Crippen LogP contribution in [0.15, 0.2) is 39.1 Å². The van der Waals surface area contributed by atoms with Crippen LogP contribution < -0.4 is 10.2 Å². The van der Waals surface area contributed by atoms with Crippen LogP contribution in [0, 0.1) is 0 Å². The largest absolute Gasteiger partial charge is 0.394 e. The monoisotopic (exact) mass is 468 g/mol. The van der Waals surface area contributed by atoms with Gasteiger partial charge in [0.25, 0.3) is 0 Å². The number of sulfone groups is 1. The van der Waals surface area contributed by atoms with E-state index in [1.54, 1.807) is 18.2 Å². The number of thioether (sulfide) groups is 1. The zero-order valence-corrected chi connectivity index (χ0v) is 19.3. The quantitative estimate of drug-likeness (QED) is 0.323. The summed E-state index contributed by atoms with van der Waals surface area (Å²) in [6, 6.07) is 6.62. The molecule has 0 aliphatic carbocycles. The van der Waals surface area contributed by atoms with E-state index < -0.39 is 9.84 Å². The highest BCUT2D eigenvalue weighted by Gasteiger charge is 2.18. The summed E-state index contributed by atoms with van der Waals surface area (Å²) >= 11 is 2.39. The second kappa shape index (κ2) is 9.46. The standard InChI is InChI=1S/C19H24N4O4S3/c1-4-6-13(10-24)20-16-15-17(23-19(25)29-15)22-18(21-16)28-11(2)12-7-5-8-14(9-12)30(3,26)27/h5,7-9,11,13,24H,4,6,10H2,1-3H3,(H2,20,21,22,23,25)/t11-,13+/m0/s1. The molecule has 8 nitrogen and oxygen atoms in total. The number of rotatable bonds is 9. The number of aliphatic hydroxyl groups excluding tert-OH is 1. The van der Waals surface area contributed by atoms with E-state index in [4.69, 9.17) is 0 Å². The van der Waals surface area contributed by atoms with Gasteiger partial charge >= 0.3 is 4.87 Å². The molecule has 0 saturated carbocycles. The molecule has 0 aliphatic rings. The van der Waals surface area contributed by atoms with Gasteiger partial charge in [0, 0.05) is 11.5 Å². The number of anilines is 1. The zero-order chi connectivity index (χ0) is 21.9. The predicted molar refractivity (Wildman–Crippen MR) is 121 cm³/mol. The molecule has 2 aromatic heterocycles. The van der Waals surface area contributed by atoms with Crippen molar-refractivity contribution in [1.29, 1.82) is 0 Å². The van der Waals surface area contributed by atoms with Crippen LogP contribution in [-0.4, -0.2) is 47.4 Å². The van der Waals surface area contributed by atoms with Crippen molar-refractivity contribution in [2.75, 3.05) is 18.2 Å². The highest BCUT2D eigenvalue weighted by atomic mass is 32.2. The van der Waals surface area contributed by atoms with Crippen LogP contribution in [0.1, 0.15) is 37.5 Å². The van der Waals surface area contributed by atoms with Gasteiger partial charge in [0.05, 0.1) is 17.5 Å². The van der Waals surface area contributed by atoms with Crippen molar-refractivity contribution in [3.05, 3.63) is 39.5 Å². The van der Waals surface area contributed by atoms with Gasteiger partial charge in [-0.15, -0.1) is 0 Å². The molecule has 3 rings (SSSR count). The number of thiazole rings is 1. The molecular weight excluding hydrogens is 444 g/mol. The summed E-state index contributed by atoms with van der Waals surface area (Å²) in [5.74, 6) is 0.510. The molecule has 1 aromatic carbocycles. The maximum Gasteiger partial charge on any atom is 0.306 e. The number of aromatic amines is 1. The number of fused-ring (bicyclic) bond motifs is 1. The number of hydrogen-bond donors (Lipinski definition) is 3. The minimum Gasteiger partial charge on any atom is -0.394 e. The lowest BCUT2D eigenvalue weighted by atomic mass is 10.2. The highest BCUT2D eigenvalue weighted by molar-refractivity contribution is 7.99. The number of benzene rings is 1. The molecule has 0 spiro atoms. The fourth-order valence-corrected chi connectivity index (χ4v) is 5.24. The third-order valence-electron chi connectivity index (χ3n) is 4.50. The van der Waals surface area contributed by atoms with Crippen molar-refractivity contribution in [2.45, 2.75) is 48.0 Å². The molecule has 30 heavy (non-hydrogen) atoms. The summed E-state index contributed by atoms with van der Waals surface area (Å²) in [4.78, 5) is 23.7. The van der Waals surface area contributed by atoms with Crippen molar-refractivity contribution >= 4 is 49.1 Å². The lowest BCUT2D eigenvalue weighted by Crippen LogP contribution is -2.24. The van der Waals surface area contributed by atoms with Gasteiger partial charge in [0.2, 0.25) is 0 Å². The molecule has 2 heterocycles. The second-order valence-corrected chi connectivity index (χ2v) is 11.3. The first-order valence-corrected chi connectivity index (χ1v) is 13.0. The summed E-state index contributed by atoms with van der Waals surface area (Å²) in [7, 11) is -3.30. The Balaban J connectivity index is 1.93. The molecule has 3 aromatic rings. The summed E-state index contributed by atoms with van der Waals surface area (Å²) in [6.45, 7) is 3.93. The Morgan fingerprint density at radius 2 is 2.10 bits per heavy atom. The number of nitrogens with one attached hydrogen (secondary N) is 2. The molecule has 0 aliphatic heterocycles. The van der Waals surface area contributed by atoms with Gasteiger partial charge in [0.1, 0.15) is 4.70 Å². The third-order valence-corrected chi connectivity index (χ3v) is 7.50. The van der Waals surface area contributed by atoms with E-state index in [0.29, 0.717) is 21.3 Å². The molecule has 2 atom stereocenters. The SMILES string of the molecule is CCC[C@H](CO)Nc1nc(S[C@@H](C)c2cccc(S(C)(=O)=O)c2)nc2[nH]c(=O)sc12. The topological polar surface area (TPSA) is 125 Å². The summed E-state index contributed by atoms with van der Waals surface area (Å²) in [6.07, 6.45) is 2.84. The lowest BCUT2D eigenvalue weighted by molar-refractivity contribution is 0.268. The van der Waals surface area contributed by atoms with Gasteiger partial charge in [-0.25, -0.2) is 18.4 Å². The van der Waals surface area contributed by atoms with E-state index in [0.717, 1.165) is 29.7 Å². The van der Waals surface area contributed by atoms with E-state index in [1.807, 2.05) is 19.9 Å². The van der Waals surface area contributed by atoms with Crippen LogP contribution in [0.2, 0.25) is 0 Å². The van der Waals surface area contributed by atoms with Gasteiger partial charge in [-0.2, -0.15) is 0 Å².